The van der Waals surface area contributed by atoms with Gasteiger partial charge in [0.2, 0.25) is 0 Å². The van der Waals surface area contributed by atoms with Gasteiger partial charge in [-0.1, -0.05) is 0 Å². The largest absolute Gasteiger partial charge is 0.468 e. The van der Waals surface area contributed by atoms with E-state index in [9.17, 15) is 27.2 Å². The fraction of sp³-hybridized carbons (Fsp3) is 0.312. The van der Waals surface area contributed by atoms with Crippen LogP contribution in [-0.2, 0) is 9.53 Å². The Morgan fingerprint density at radius 2 is 1.93 bits per heavy atom. The number of aromatic nitrogens is 2. The molecule has 0 radical (unpaired) electrons. The summed E-state index contributed by atoms with van der Waals surface area (Å²) in [5.74, 6) is -12.9. The highest BCUT2D eigenvalue weighted by atomic mass is 19.2. The number of methoxy groups -OCH3 is 1. The van der Waals surface area contributed by atoms with Gasteiger partial charge in [0.1, 0.15) is 5.71 Å². The van der Waals surface area contributed by atoms with Gasteiger partial charge < -0.3 is 9.64 Å². The molecular weight excluding hydrogens is 386 g/mol. The number of allylic oxidation sites excluding steroid dienone is 3. The lowest BCUT2D eigenvalue weighted by Gasteiger charge is -2.19. The number of nitrogens with one attached hydrogen (secondary N) is 1. The zero-order chi connectivity index (χ0) is 20.4. The van der Waals surface area contributed by atoms with Crippen molar-refractivity contribution in [3.8, 4) is 0 Å². The number of ether oxygens (including phenoxy) is 1. The van der Waals surface area contributed by atoms with E-state index < -0.39 is 46.8 Å². The maximum absolute atomic E-state index is 14.1. The van der Waals surface area contributed by atoms with E-state index in [2.05, 4.69) is 25.2 Å². The van der Waals surface area contributed by atoms with Gasteiger partial charge in [0.05, 0.1) is 13.8 Å². The molecule has 3 rings (SSSR count). The number of carbonyl (C=O) groups is 2. The van der Waals surface area contributed by atoms with Crippen molar-refractivity contribution in [1.82, 2.24) is 15.5 Å². The van der Waals surface area contributed by atoms with E-state index in [4.69, 9.17) is 0 Å². The molecule has 148 valence electrons. The summed E-state index contributed by atoms with van der Waals surface area (Å²) in [5.41, 5.74) is -1.61. The van der Waals surface area contributed by atoms with E-state index in [0.29, 0.717) is 19.0 Å². The zero-order valence-corrected chi connectivity index (χ0v) is 14.4. The molecule has 1 aliphatic carbocycles. The Morgan fingerprint density at radius 3 is 2.50 bits per heavy atom. The van der Waals surface area contributed by atoms with Crippen LogP contribution in [0.3, 0.4) is 0 Å². The van der Waals surface area contributed by atoms with Crippen LogP contribution in [0.15, 0.2) is 40.4 Å². The Balaban J connectivity index is 1.93. The van der Waals surface area contributed by atoms with Crippen molar-refractivity contribution in [1.29, 1.82) is 0 Å². The second kappa shape index (κ2) is 7.84. The van der Waals surface area contributed by atoms with Gasteiger partial charge in [-0.3, -0.25) is 14.9 Å². The number of nitrogens with zero attached hydrogens (tertiary/aromatic N) is 4. The maximum Gasteiger partial charge on any atom is 0.321 e. The average molecular weight is 399 g/mol. The van der Waals surface area contributed by atoms with Crippen LogP contribution in [0, 0.1) is 5.92 Å². The number of esters is 1. The normalized spacial score (nSPS) is 21.5. The second-order valence-corrected chi connectivity index (χ2v) is 5.75. The molecule has 1 fully saturated rings. The highest BCUT2D eigenvalue weighted by Crippen LogP contribution is 2.36. The maximum atomic E-state index is 14.1. The molecule has 0 bridgehead atoms. The van der Waals surface area contributed by atoms with Gasteiger partial charge in [-0.25, -0.2) is 22.6 Å². The van der Waals surface area contributed by atoms with Gasteiger partial charge in [0.15, 0.2) is 40.7 Å². The molecule has 1 saturated heterocycles. The summed E-state index contributed by atoms with van der Waals surface area (Å²) in [5, 5.41) is 10.6. The summed E-state index contributed by atoms with van der Waals surface area (Å²) >= 11 is 0. The van der Waals surface area contributed by atoms with Crippen molar-refractivity contribution in [2.75, 3.05) is 31.8 Å². The molecule has 2 aliphatic rings. The summed E-state index contributed by atoms with van der Waals surface area (Å²) in [6, 6.07) is 2.69. The molecule has 1 unspecified atom stereocenters. The van der Waals surface area contributed by atoms with E-state index in [-0.39, 0.29) is 5.69 Å². The topological polar surface area (TPSA) is 96.8 Å². The first-order valence-corrected chi connectivity index (χ1v) is 7.96. The number of halogens is 4. The number of carbonyl (C=O) groups excluding carboxylic acids is 2. The van der Waals surface area contributed by atoms with Crippen LogP contribution in [0.4, 0.5) is 23.4 Å². The number of anilines is 1. The summed E-state index contributed by atoms with van der Waals surface area (Å²) in [4.78, 5) is 29.0. The molecule has 1 N–H and O–H groups in total. The Labute approximate surface area is 155 Å². The number of aliphatic imine (C=N–C) groups is 1. The second-order valence-electron chi connectivity index (χ2n) is 5.75. The van der Waals surface area contributed by atoms with Crippen LogP contribution in [-0.4, -0.2) is 54.7 Å². The van der Waals surface area contributed by atoms with Crippen molar-refractivity contribution in [2.45, 2.75) is 0 Å². The lowest BCUT2D eigenvalue weighted by molar-refractivity contribution is -0.142. The van der Waals surface area contributed by atoms with Gasteiger partial charge in [0, 0.05) is 13.1 Å². The molecule has 1 amide bonds. The van der Waals surface area contributed by atoms with Crippen LogP contribution in [0.5, 0.6) is 0 Å². The third-order valence-corrected chi connectivity index (χ3v) is 4.06. The van der Waals surface area contributed by atoms with E-state index in [1.165, 1.54) is 12.1 Å². The quantitative estimate of drug-likeness (QED) is 0.608. The number of hydrogen-bond donors (Lipinski definition) is 1. The average Bonchev–Trinajstić information content (AvgIpc) is 3.25. The Kier molecular flexibility index (Phi) is 5.49. The SMILES string of the molecule is COC(=O)C1C(=NC(=O)c2ccc(N3CCNC3)nn2)C(F)=C(F)C(F)=C1F. The summed E-state index contributed by atoms with van der Waals surface area (Å²) in [7, 11) is 0.830. The highest BCUT2D eigenvalue weighted by Gasteiger charge is 2.42. The Bertz CT molecular complexity index is 907. The summed E-state index contributed by atoms with van der Waals surface area (Å²) in [6.45, 7) is 1.97. The molecule has 0 spiro atoms. The van der Waals surface area contributed by atoms with Crippen molar-refractivity contribution >= 4 is 23.4 Å². The molecule has 1 atom stereocenters. The smallest absolute Gasteiger partial charge is 0.321 e. The van der Waals surface area contributed by atoms with Gasteiger partial charge in [-0.15, -0.1) is 10.2 Å². The highest BCUT2D eigenvalue weighted by molar-refractivity contribution is 6.18. The number of rotatable bonds is 3. The molecule has 1 aromatic rings. The minimum absolute atomic E-state index is 0.365. The van der Waals surface area contributed by atoms with Crippen molar-refractivity contribution in [3.05, 3.63) is 41.1 Å². The monoisotopic (exact) mass is 399 g/mol. The Morgan fingerprint density at radius 1 is 1.18 bits per heavy atom. The summed E-state index contributed by atoms with van der Waals surface area (Å²) < 4.78 is 59.3. The number of hydrogen-bond acceptors (Lipinski definition) is 7. The molecule has 12 heteroatoms. The summed E-state index contributed by atoms with van der Waals surface area (Å²) in [6.07, 6.45) is 0. The lowest BCUT2D eigenvalue weighted by atomic mass is 9.94. The molecule has 28 heavy (non-hydrogen) atoms. The predicted molar refractivity (Wildman–Crippen MR) is 88.0 cm³/mol. The Hall–Kier alpha value is -3.15. The van der Waals surface area contributed by atoms with E-state index >= 15 is 0 Å². The van der Waals surface area contributed by atoms with Crippen LogP contribution >= 0.6 is 0 Å². The standard InChI is InChI=1S/C16H13F4N5O3/c1-28-16(27)9-10(17)11(18)12(19)13(20)14(9)22-15(26)7-2-3-8(24-23-7)25-5-4-21-6-25/h2-3,9,21H,4-6H2,1H3. The minimum Gasteiger partial charge on any atom is -0.468 e. The van der Waals surface area contributed by atoms with Crippen molar-refractivity contribution in [3.63, 3.8) is 0 Å². The van der Waals surface area contributed by atoms with Crippen LogP contribution in [0.2, 0.25) is 0 Å². The van der Waals surface area contributed by atoms with Crippen LogP contribution < -0.4 is 10.2 Å². The lowest BCUT2D eigenvalue weighted by Crippen LogP contribution is -2.31. The van der Waals surface area contributed by atoms with Crippen molar-refractivity contribution in [2.24, 2.45) is 10.9 Å². The molecule has 1 aromatic heterocycles. The van der Waals surface area contributed by atoms with Gasteiger partial charge in [0.25, 0.3) is 5.91 Å². The zero-order valence-electron chi connectivity index (χ0n) is 14.4. The minimum atomic E-state index is -2.35. The molecule has 2 heterocycles. The number of amides is 1. The molecule has 8 nitrogen and oxygen atoms in total. The first kappa shape index (κ1) is 19.6. The predicted octanol–water partition coefficient (Wildman–Crippen LogP) is 1.53. The molecular formula is C16H13F4N5O3. The van der Waals surface area contributed by atoms with Crippen LogP contribution in [0.25, 0.3) is 0 Å². The third-order valence-electron chi connectivity index (χ3n) is 4.06. The van der Waals surface area contributed by atoms with Gasteiger partial charge >= 0.3 is 5.97 Å². The van der Waals surface area contributed by atoms with Crippen LogP contribution in [0.1, 0.15) is 10.5 Å². The molecule has 0 saturated carbocycles. The van der Waals surface area contributed by atoms with E-state index in [1.807, 2.05) is 4.90 Å². The molecule has 1 aliphatic heterocycles. The third kappa shape index (κ3) is 3.50. The fourth-order valence-corrected chi connectivity index (χ4v) is 2.61. The van der Waals surface area contributed by atoms with E-state index in [1.54, 1.807) is 0 Å². The van der Waals surface area contributed by atoms with Gasteiger partial charge in [-0.2, -0.15) is 0 Å². The van der Waals surface area contributed by atoms with Gasteiger partial charge in [-0.05, 0) is 12.1 Å². The first-order valence-electron chi connectivity index (χ1n) is 7.96. The van der Waals surface area contributed by atoms with E-state index in [0.717, 1.165) is 13.7 Å². The fourth-order valence-electron chi connectivity index (χ4n) is 2.61. The van der Waals surface area contributed by atoms with Crippen molar-refractivity contribution < 1.29 is 31.9 Å². The molecule has 0 aromatic carbocycles. The first-order chi connectivity index (χ1) is 13.3.